The van der Waals surface area contributed by atoms with E-state index in [1.807, 2.05) is 19.9 Å². The van der Waals surface area contributed by atoms with Crippen molar-refractivity contribution in [2.24, 2.45) is 0 Å². The van der Waals surface area contributed by atoms with E-state index in [4.69, 9.17) is 0 Å². The van der Waals surface area contributed by atoms with Crippen molar-refractivity contribution in [1.82, 2.24) is 10.6 Å². The highest BCUT2D eigenvalue weighted by atomic mass is 79.9. The van der Waals surface area contributed by atoms with Gasteiger partial charge in [-0.15, -0.1) is 11.3 Å². The molecule has 1 amide bonds. The lowest BCUT2D eigenvalue weighted by atomic mass is 10.3. The SMILES string of the molecule is CCNCCNC(=O)c1cc(C)sc1Br. The average molecular weight is 291 g/mol. The third kappa shape index (κ3) is 3.93. The Labute approximate surface area is 102 Å². The molecule has 1 aromatic heterocycles. The Bertz CT molecular complexity index is 338. The molecule has 0 aromatic carbocycles. The topological polar surface area (TPSA) is 41.1 Å². The summed E-state index contributed by atoms with van der Waals surface area (Å²) in [5.74, 6) is -0.0101. The van der Waals surface area contributed by atoms with Crippen molar-refractivity contribution in [3.05, 3.63) is 20.3 Å². The van der Waals surface area contributed by atoms with Crippen molar-refractivity contribution in [2.75, 3.05) is 19.6 Å². The summed E-state index contributed by atoms with van der Waals surface area (Å²) in [6, 6.07) is 1.90. The van der Waals surface area contributed by atoms with Crippen LogP contribution in [0.4, 0.5) is 0 Å². The van der Waals surface area contributed by atoms with Crippen LogP contribution in [0.2, 0.25) is 0 Å². The van der Waals surface area contributed by atoms with Crippen LogP contribution in [-0.4, -0.2) is 25.5 Å². The largest absolute Gasteiger partial charge is 0.351 e. The molecular formula is C10H15BrN2OS. The Kier molecular flexibility index (Phi) is 5.28. The van der Waals surface area contributed by atoms with Gasteiger partial charge in [0.2, 0.25) is 0 Å². The summed E-state index contributed by atoms with van der Waals surface area (Å²) < 4.78 is 0.904. The predicted octanol–water partition coefficient (Wildman–Crippen LogP) is 2.16. The second kappa shape index (κ2) is 6.25. The number of hydrogen-bond acceptors (Lipinski definition) is 3. The monoisotopic (exact) mass is 290 g/mol. The molecule has 0 radical (unpaired) electrons. The molecule has 84 valence electrons. The Balaban J connectivity index is 2.43. The van der Waals surface area contributed by atoms with Crippen LogP contribution in [0.1, 0.15) is 22.2 Å². The maximum absolute atomic E-state index is 11.7. The standard InChI is InChI=1S/C10H15BrN2OS/c1-3-12-4-5-13-10(14)8-6-7(2)15-9(8)11/h6,12H,3-5H2,1-2H3,(H,13,14). The number of rotatable bonds is 5. The fraction of sp³-hybridized carbons (Fsp3) is 0.500. The maximum Gasteiger partial charge on any atom is 0.253 e. The number of nitrogens with one attached hydrogen (secondary N) is 2. The van der Waals surface area contributed by atoms with Gasteiger partial charge in [-0.05, 0) is 35.5 Å². The zero-order chi connectivity index (χ0) is 11.3. The van der Waals surface area contributed by atoms with E-state index < -0.39 is 0 Å². The Morgan fingerprint density at radius 2 is 2.27 bits per heavy atom. The van der Waals surface area contributed by atoms with E-state index in [0.717, 1.165) is 27.3 Å². The van der Waals surface area contributed by atoms with Gasteiger partial charge in [0.25, 0.3) is 5.91 Å². The first-order valence-corrected chi connectivity index (χ1v) is 6.51. The molecule has 2 N–H and O–H groups in total. The summed E-state index contributed by atoms with van der Waals surface area (Å²) in [6.07, 6.45) is 0. The average Bonchev–Trinajstić information content (AvgIpc) is 2.52. The van der Waals surface area contributed by atoms with E-state index in [2.05, 4.69) is 26.6 Å². The van der Waals surface area contributed by atoms with Gasteiger partial charge in [0, 0.05) is 18.0 Å². The molecule has 1 heterocycles. The Morgan fingerprint density at radius 3 is 2.80 bits per heavy atom. The van der Waals surface area contributed by atoms with Crippen LogP contribution in [0.3, 0.4) is 0 Å². The zero-order valence-corrected chi connectivity index (χ0v) is 11.3. The summed E-state index contributed by atoms with van der Waals surface area (Å²) in [5, 5.41) is 6.01. The van der Waals surface area contributed by atoms with E-state index in [1.54, 1.807) is 11.3 Å². The van der Waals surface area contributed by atoms with Gasteiger partial charge in [0.1, 0.15) is 0 Å². The molecule has 0 aliphatic rings. The second-order valence-corrected chi connectivity index (χ2v) is 5.73. The minimum atomic E-state index is -0.0101. The maximum atomic E-state index is 11.7. The number of halogens is 1. The fourth-order valence-electron chi connectivity index (χ4n) is 1.18. The van der Waals surface area contributed by atoms with Gasteiger partial charge in [-0.3, -0.25) is 4.79 Å². The van der Waals surface area contributed by atoms with Crippen LogP contribution >= 0.6 is 27.3 Å². The lowest BCUT2D eigenvalue weighted by molar-refractivity contribution is 0.0953. The summed E-state index contributed by atoms with van der Waals surface area (Å²) >= 11 is 4.96. The van der Waals surface area contributed by atoms with Crippen LogP contribution in [0.5, 0.6) is 0 Å². The molecule has 0 fully saturated rings. The number of amides is 1. The van der Waals surface area contributed by atoms with E-state index in [-0.39, 0.29) is 5.91 Å². The van der Waals surface area contributed by atoms with Crippen molar-refractivity contribution >= 4 is 33.2 Å². The van der Waals surface area contributed by atoms with Crippen molar-refractivity contribution in [3.63, 3.8) is 0 Å². The van der Waals surface area contributed by atoms with Crippen LogP contribution in [0.15, 0.2) is 9.85 Å². The van der Waals surface area contributed by atoms with E-state index in [9.17, 15) is 4.79 Å². The van der Waals surface area contributed by atoms with Gasteiger partial charge < -0.3 is 10.6 Å². The highest BCUT2D eigenvalue weighted by Crippen LogP contribution is 2.27. The molecule has 0 saturated heterocycles. The number of hydrogen-bond donors (Lipinski definition) is 2. The van der Waals surface area contributed by atoms with Crippen molar-refractivity contribution in [2.45, 2.75) is 13.8 Å². The third-order valence-corrected chi connectivity index (χ3v) is 3.64. The molecular weight excluding hydrogens is 276 g/mol. The van der Waals surface area contributed by atoms with Crippen LogP contribution < -0.4 is 10.6 Å². The molecule has 5 heteroatoms. The summed E-state index contributed by atoms with van der Waals surface area (Å²) in [5.41, 5.74) is 0.731. The number of likely N-dealkylation sites (N-methyl/N-ethyl adjacent to an activating group) is 1. The van der Waals surface area contributed by atoms with Crippen LogP contribution in [0.25, 0.3) is 0 Å². The fourth-order valence-corrected chi connectivity index (χ4v) is 2.96. The summed E-state index contributed by atoms with van der Waals surface area (Å²) in [4.78, 5) is 12.8. The molecule has 0 atom stereocenters. The first-order chi connectivity index (χ1) is 7.15. The quantitative estimate of drug-likeness (QED) is 0.816. The molecule has 0 unspecified atom stereocenters. The van der Waals surface area contributed by atoms with Crippen molar-refractivity contribution in [3.8, 4) is 0 Å². The molecule has 1 rings (SSSR count). The van der Waals surface area contributed by atoms with E-state index in [0.29, 0.717) is 6.54 Å². The number of aryl methyl sites for hydroxylation is 1. The Morgan fingerprint density at radius 1 is 1.53 bits per heavy atom. The molecule has 0 saturated carbocycles. The normalized spacial score (nSPS) is 10.3. The highest BCUT2D eigenvalue weighted by molar-refractivity contribution is 9.11. The number of carbonyl (C=O) groups is 1. The van der Waals surface area contributed by atoms with Crippen LogP contribution in [-0.2, 0) is 0 Å². The lowest BCUT2D eigenvalue weighted by Gasteiger charge is -2.04. The molecule has 15 heavy (non-hydrogen) atoms. The molecule has 0 spiro atoms. The second-order valence-electron chi connectivity index (χ2n) is 3.15. The number of carbonyl (C=O) groups excluding carboxylic acids is 1. The van der Waals surface area contributed by atoms with Gasteiger partial charge >= 0.3 is 0 Å². The zero-order valence-electron chi connectivity index (χ0n) is 8.89. The van der Waals surface area contributed by atoms with E-state index in [1.165, 1.54) is 0 Å². The third-order valence-electron chi connectivity index (χ3n) is 1.89. The van der Waals surface area contributed by atoms with Crippen molar-refractivity contribution in [1.29, 1.82) is 0 Å². The van der Waals surface area contributed by atoms with Crippen LogP contribution in [0, 0.1) is 6.92 Å². The van der Waals surface area contributed by atoms with Gasteiger partial charge in [-0.1, -0.05) is 6.92 Å². The minimum absolute atomic E-state index is 0.0101. The van der Waals surface area contributed by atoms with Gasteiger partial charge in [0.05, 0.1) is 9.35 Å². The minimum Gasteiger partial charge on any atom is -0.351 e. The highest BCUT2D eigenvalue weighted by Gasteiger charge is 2.11. The summed E-state index contributed by atoms with van der Waals surface area (Å²) in [6.45, 7) is 6.43. The van der Waals surface area contributed by atoms with Crippen molar-refractivity contribution < 1.29 is 4.79 Å². The van der Waals surface area contributed by atoms with E-state index >= 15 is 0 Å². The Hall–Kier alpha value is -0.390. The smallest absolute Gasteiger partial charge is 0.253 e. The molecule has 1 aromatic rings. The van der Waals surface area contributed by atoms with Gasteiger partial charge in [-0.25, -0.2) is 0 Å². The van der Waals surface area contributed by atoms with Gasteiger partial charge in [0.15, 0.2) is 0 Å². The molecule has 0 aliphatic heterocycles. The molecule has 3 nitrogen and oxygen atoms in total. The first kappa shape index (κ1) is 12.7. The molecule has 0 bridgehead atoms. The predicted molar refractivity (Wildman–Crippen MR) is 67.6 cm³/mol. The summed E-state index contributed by atoms with van der Waals surface area (Å²) in [7, 11) is 0. The number of thiophene rings is 1. The lowest BCUT2D eigenvalue weighted by Crippen LogP contribution is -2.31. The first-order valence-electron chi connectivity index (χ1n) is 4.90. The molecule has 0 aliphatic carbocycles. The van der Waals surface area contributed by atoms with Gasteiger partial charge in [-0.2, -0.15) is 0 Å².